The molecule has 3 nitrogen and oxygen atoms in total. The van der Waals surface area contributed by atoms with E-state index in [-0.39, 0.29) is 0 Å². The van der Waals surface area contributed by atoms with Gasteiger partial charge in [-0.3, -0.25) is 0 Å². The Balaban J connectivity index is 2.34. The Labute approximate surface area is 86.7 Å². The van der Waals surface area contributed by atoms with Crippen LogP contribution in [0.15, 0.2) is 34.9 Å². The number of anilines is 1. The van der Waals surface area contributed by atoms with Gasteiger partial charge in [0.2, 0.25) is 0 Å². The van der Waals surface area contributed by atoms with E-state index in [0.717, 1.165) is 11.3 Å². The maximum atomic E-state index is 5.77. The first-order valence-electron chi connectivity index (χ1n) is 4.19. The summed E-state index contributed by atoms with van der Waals surface area (Å²) in [5.74, 6) is 0.728. The first-order chi connectivity index (χ1) is 6.79. The largest absolute Gasteiger partial charge is 0.424 e. The summed E-state index contributed by atoms with van der Waals surface area (Å²) < 4.78 is 5.39. The first-order valence-corrected chi connectivity index (χ1v) is 4.57. The van der Waals surface area contributed by atoms with E-state index in [2.05, 4.69) is 10.3 Å². The first kappa shape index (κ1) is 9.09. The molecule has 0 bridgehead atoms. The number of benzene rings is 1. The Morgan fingerprint density at radius 2 is 2.00 bits per heavy atom. The Bertz CT molecular complexity index is 422. The summed E-state index contributed by atoms with van der Waals surface area (Å²) in [6.45, 7) is 0. The van der Waals surface area contributed by atoms with Crippen LogP contribution in [0.25, 0.3) is 11.3 Å². The molecular weight excluding hydrogens is 200 g/mol. The maximum absolute atomic E-state index is 5.77. The van der Waals surface area contributed by atoms with Gasteiger partial charge in [-0.05, 0) is 24.3 Å². The van der Waals surface area contributed by atoms with Crippen molar-refractivity contribution < 1.29 is 4.42 Å². The average molecular weight is 209 g/mol. The van der Waals surface area contributed by atoms with Gasteiger partial charge in [0, 0.05) is 17.6 Å². The van der Waals surface area contributed by atoms with Crippen molar-refractivity contribution in [2.24, 2.45) is 0 Å². The molecule has 2 rings (SSSR count). The molecule has 1 aromatic carbocycles. The molecule has 1 aromatic heterocycles. The van der Waals surface area contributed by atoms with E-state index < -0.39 is 0 Å². The molecule has 0 atom stereocenters. The molecule has 0 aliphatic rings. The minimum atomic E-state index is 0.509. The lowest BCUT2D eigenvalue weighted by molar-refractivity contribution is 0.589. The van der Waals surface area contributed by atoms with Gasteiger partial charge in [0.25, 0.3) is 6.01 Å². The molecule has 0 aliphatic heterocycles. The fourth-order valence-corrected chi connectivity index (χ4v) is 1.26. The van der Waals surface area contributed by atoms with E-state index in [0.29, 0.717) is 11.0 Å². The van der Waals surface area contributed by atoms with Crippen molar-refractivity contribution in [3.63, 3.8) is 0 Å². The second-order valence-corrected chi connectivity index (χ2v) is 3.22. The summed E-state index contributed by atoms with van der Waals surface area (Å²) >= 11 is 5.77. The number of hydrogen-bond donors (Lipinski definition) is 1. The lowest BCUT2D eigenvalue weighted by Crippen LogP contribution is -1.84. The molecule has 0 saturated heterocycles. The number of rotatable bonds is 2. The SMILES string of the molecule is CNc1ncc(-c2ccc(Cl)cc2)o1. The highest BCUT2D eigenvalue weighted by Crippen LogP contribution is 2.23. The molecule has 1 N–H and O–H groups in total. The second kappa shape index (κ2) is 3.72. The van der Waals surface area contributed by atoms with Crippen LogP contribution in [-0.2, 0) is 0 Å². The minimum Gasteiger partial charge on any atom is -0.424 e. The van der Waals surface area contributed by atoms with E-state index >= 15 is 0 Å². The lowest BCUT2D eigenvalue weighted by Gasteiger charge is -1.95. The summed E-state index contributed by atoms with van der Waals surface area (Å²) in [4.78, 5) is 4.02. The summed E-state index contributed by atoms with van der Waals surface area (Å²) in [5, 5.41) is 3.53. The van der Waals surface area contributed by atoms with Crippen molar-refractivity contribution in [2.75, 3.05) is 12.4 Å². The van der Waals surface area contributed by atoms with Gasteiger partial charge >= 0.3 is 0 Å². The van der Waals surface area contributed by atoms with Crippen molar-refractivity contribution in [3.05, 3.63) is 35.5 Å². The van der Waals surface area contributed by atoms with Gasteiger partial charge in [0.05, 0.1) is 6.20 Å². The van der Waals surface area contributed by atoms with Crippen LogP contribution in [0.2, 0.25) is 5.02 Å². The smallest absolute Gasteiger partial charge is 0.294 e. The molecule has 0 radical (unpaired) electrons. The number of halogens is 1. The Hall–Kier alpha value is -1.48. The Kier molecular flexibility index (Phi) is 2.41. The van der Waals surface area contributed by atoms with Crippen LogP contribution in [0, 0.1) is 0 Å². The molecular formula is C10H9ClN2O. The van der Waals surface area contributed by atoms with Gasteiger partial charge in [-0.15, -0.1) is 0 Å². The highest BCUT2D eigenvalue weighted by atomic mass is 35.5. The normalized spacial score (nSPS) is 10.1. The van der Waals surface area contributed by atoms with Crippen LogP contribution in [-0.4, -0.2) is 12.0 Å². The van der Waals surface area contributed by atoms with Crippen LogP contribution >= 0.6 is 11.6 Å². The third kappa shape index (κ3) is 1.72. The van der Waals surface area contributed by atoms with E-state index in [1.807, 2.05) is 24.3 Å². The molecule has 0 spiro atoms. The summed E-state index contributed by atoms with van der Waals surface area (Å²) in [6, 6.07) is 7.93. The number of aromatic nitrogens is 1. The van der Waals surface area contributed by atoms with Crippen LogP contribution in [0.5, 0.6) is 0 Å². The quantitative estimate of drug-likeness (QED) is 0.825. The van der Waals surface area contributed by atoms with E-state index in [4.69, 9.17) is 16.0 Å². The third-order valence-electron chi connectivity index (χ3n) is 1.85. The third-order valence-corrected chi connectivity index (χ3v) is 2.10. The van der Waals surface area contributed by atoms with E-state index in [1.54, 1.807) is 13.2 Å². The van der Waals surface area contributed by atoms with Crippen molar-refractivity contribution in [3.8, 4) is 11.3 Å². The van der Waals surface area contributed by atoms with Gasteiger partial charge in [0.1, 0.15) is 0 Å². The predicted molar refractivity (Wildman–Crippen MR) is 56.5 cm³/mol. The van der Waals surface area contributed by atoms with Crippen molar-refractivity contribution >= 4 is 17.6 Å². The minimum absolute atomic E-state index is 0.509. The molecule has 1 heterocycles. The van der Waals surface area contributed by atoms with Crippen LogP contribution in [0.1, 0.15) is 0 Å². The summed E-state index contributed by atoms with van der Waals surface area (Å²) in [7, 11) is 1.76. The number of nitrogens with one attached hydrogen (secondary N) is 1. The monoisotopic (exact) mass is 208 g/mol. The van der Waals surface area contributed by atoms with Gasteiger partial charge in [-0.1, -0.05) is 11.6 Å². The molecule has 0 amide bonds. The summed E-state index contributed by atoms with van der Waals surface area (Å²) in [5.41, 5.74) is 0.961. The van der Waals surface area contributed by atoms with Crippen molar-refractivity contribution in [1.29, 1.82) is 0 Å². The molecule has 0 saturated carbocycles. The molecule has 2 aromatic rings. The van der Waals surface area contributed by atoms with E-state index in [1.165, 1.54) is 0 Å². The van der Waals surface area contributed by atoms with Gasteiger partial charge in [-0.2, -0.15) is 0 Å². The Morgan fingerprint density at radius 3 is 2.57 bits per heavy atom. The zero-order valence-corrected chi connectivity index (χ0v) is 8.38. The number of hydrogen-bond acceptors (Lipinski definition) is 3. The number of nitrogens with zero attached hydrogens (tertiary/aromatic N) is 1. The molecule has 0 fully saturated rings. The lowest BCUT2D eigenvalue weighted by atomic mass is 10.2. The zero-order chi connectivity index (χ0) is 9.97. The van der Waals surface area contributed by atoms with Crippen LogP contribution < -0.4 is 5.32 Å². The van der Waals surface area contributed by atoms with Gasteiger partial charge in [-0.25, -0.2) is 4.98 Å². The standard InChI is InChI=1S/C10H9ClN2O/c1-12-10-13-6-9(14-10)7-2-4-8(11)5-3-7/h2-6H,1H3,(H,12,13). The number of oxazole rings is 1. The average Bonchev–Trinajstić information content (AvgIpc) is 2.67. The topological polar surface area (TPSA) is 38.1 Å². The Morgan fingerprint density at radius 1 is 1.29 bits per heavy atom. The molecule has 14 heavy (non-hydrogen) atoms. The second-order valence-electron chi connectivity index (χ2n) is 2.79. The van der Waals surface area contributed by atoms with Crippen molar-refractivity contribution in [2.45, 2.75) is 0 Å². The highest BCUT2D eigenvalue weighted by Gasteiger charge is 2.03. The maximum Gasteiger partial charge on any atom is 0.294 e. The van der Waals surface area contributed by atoms with Crippen LogP contribution in [0.3, 0.4) is 0 Å². The fourth-order valence-electron chi connectivity index (χ4n) is 1.14. The molecule has 72 valence electrons. The molecule has 0 aliphatic carbocycles. The zero-order valence-electron chi connectivity index (χ0n) is 7.62. The highest BCUT2D eigenvalue weighted by molar-refractivity contribution is 6.30. The fraction of sp³-hybridized carbons (Fsp3) is 0.100. The molecule has 4 heteroatoms. The van der Waals surface area contributed by atoms with Gasteiger partial charge < -0.3 is 9.73 Å². The van der Waals surface area contributed by atoms with E-state index in [9.17, 15) is 0 Å². The van der Waals surface area contributed by atoms with Gasteiger partial charge in [0.15, 0.2) is 5.76 Å². The summed E-state index contributed by atoms with van der Waals surface area (Å²) in [6.07, 6.45) is 1.68. The predicted octanol–water partition coefficient (Wildman–Crippen LogP) is 3.04. The van der Waals surface area contributed by atoms with Crippen molar-refractivity contribution in [1.82, 2.24) is 4.98 Å². The molecule has 0 unspecified atom stereocenters. The van der Waals surface area contributed by atoms with Crippen LogP contribution in [0.4, 0.5) is 6.01 Å².